The Balaban J connectivity index is 2.13. The lowest BCUT2D eigenvalue weighted by Gasteiger charge is -2.05. The Morgan fingerprint density at radius 3 is 1.35 bits per heavy atom. The van der Waals surface area contributed by atoms with Crippen LogP contribution in [0, 0.1) is 0 Å². The SMILES string of the molecule is CCCCCCNc1nnc(NCCCCCC)nn1. The average molecular weight is 280 g/mol. The molecular formula is C14H28N6. The van der Waals surface area contributed by atoms with Crippen LogP contribution in [0.2, 0.25) is 0 Å². The molecular weight excluding hydrogens is 252 g/mol. The second kappa shape index (κ2) is 11.4. The molecule has 1 aromatic rings. The topological polar surface area (TPSA) is 75.6 Å². The molecule has 0 amide bonds. The number of hydrogen-bond donors (Lipinski definition) is 2. The van der Waals surface area contributed by atoms with Crippen LogP contribution >= 0.6 is 0 Å². The molecule has 1 heterocycles. The molecule has 0 saturated carbocycles. The van der Waals surface area contributed by atoms with Crippen LogP contribution in [-0.4, -0.2) is 33.5 Å². The Hall–Kier alpha value is -1.46. The first-order valence-electron chi connectivity index (χ1n) is 7.92. The largest absolute Gasteiger partial charge is 0.352 e. The van der Waals surface area contributed by atoms with E-state index in [2.05, 4.69) is 44.9 Å². The van der Waals surface area contributed by atoms with Gasteiger partial charge in [-0.3, -0.25) is 0 Å². The van der Waals surface area contributed by atoms with Gasteiger partial charge in [0.05, 0.1) is 0 Å². The molecule has 2 N–H and O–H groups in total. The van der Waals surface area contributed by atoms with Gasteiger partial charge in [0.25, 0.3) is 11.9 Å². The highest BCUT2D eigenvalue weighted by Crippen LogP contribution is 2.02. The van der Waals surface area contributed by atoms with Crippen molar-refractivity contribution >= 4 is 11.9 Å². The second-order valence-corrected chi connectivity index (χ2v) is 5.02. The summed E-state index contributed by atoms with van der Waals surface area (Å²) in [6.07, 6.45) is 9.79. The fourth-order valence-corrected chi connectivity index (χ4v) is 1.87. The molecule has 0 aromatic carbocycles. The van der Waals surface area contributed by atoms with Crippen molar-refractivity contribution in [3.63, 3.8) is 0 Å². The van der Waals surface area contributed by atoms with Crippen LogP contribution in [0.1, 0.15) is 65.2 Å². The number of anilines is 2. The smallest absolute Gasteiger partial charge is 0.262 e. The molecule has 0 unspecified atom stereocenters. The highest BCUT2D eigenvalue weighted by molar-refractivity contribution is 5.25. The van der Waals surface area contributed by atoms with E-state index >= 15 is 0 Å². The minimum atomic E-state index is 0.512. The molecule has 0 aliphatic rings. The van der Waals surface area contributed by atoms with Crippen molar-refractivity contribution in [2.45, 2.75) is 65.2 Å². The van der Waals surface area contributed by atoms with E-state index in [0.717, 1.165) is 25.9 Å². The zero-order valence-electron chi connectivity index (χ0n) is 12.9. The van der Waals surface area contributed by atoms with Crippen molar-refractivity contribution in [2.75, 3.05) is 23.7 Å². The van der Waals surface area contributed by atoms with Crippen molar-refractivity contribution in [1.29, 1.82) is 0 Å². The van der Waals surface area contributed by atoms with E-state index in [4.69, 9.17) is 0 Å². The average Bonchev–Trinajstić information content (AvgIpc) is 2.48. The van der Waals surface area contributed by atoms with E-state index in [9.17, 15) is 0 Å². The normalized spacial score (nSPS) is 10.5. The molecule has 0 radical (unpaired) electrons. The number of aromatic nitrogens is 4. The fourth-order valence-electron chi connectivity index (χ4n) is 1.87. The molecule has 0 atom stereocenters. The lowest BCUT2D eigenvalue weighted by Crippen LogP contribution is -2.11. The number of nitrogens with one attached hydrogen (secondary N) is 2. The molecule has 6 heteroatoms. The van der Waals surface area contributed by atoms with Crippen LogP contribution in [0.15, 0.2) is 0 Å². The van der Waals surface area contributed by atoms with Gasteiger partial charge in [0, 0.05) is 13.1 Å². The first-order chi connectivity index (χ1) is 9.86. The molecule has 0 spiro atoms. The highest BCUT2D eigenvalue weighted by Gasteiger charge is 2.00. The van der Waals surface area contributed by atoms with E-state index in [0.29, 0.717) is 11.9 Å². The monoisotopic (exact) mass is 280 g/mol. The first-order valence-corrected chi connectivity index (χ1v) is 7.92. The summed E-state index contributed by atoms with van der Waals surface area (Å²) in [5.74, 6) is 1.02. The summed E-state index contributed by atoms with van der Waals surface area (Å²) in [4.78, 5) is 0. The molecule has 0 aliphatic heterocycles. The number of unbranched alkanes of at least 4 members (excludes halogenated alkanes) is 6. The van der Waals surface area contributed by atoms with Crippen LogP contribution in [0.3, 0.4) is 0 Å². The standard InChI is InChI=1S/C14H28N6/c1-3-5-7-9-11-15-13-17-19-14(20-18-13)16-12-10-8-6-4-2/h3-12H2,1-2H3,(H,15,17,18)(H,16,19,20). The molecule has 1 aromatic heterocycles. The van der Waals surface area contributed by atoms with Gasteiger partial charge < -0.3 is 10.6 Å². The third kappa shape index (κ3) is 7.86. The van der Waals surface area contributed by atoms with E-state index in [1.54, 1.807) is 0 Å². The Morgan fingerprint density at radius 1 is 0.600 bits per heavy atom. The maximum atomic E-state index is 4.01. The Morgan fingerprint density at radius 2 is 1.00 bits per heavy atom. The number of rotatable bonds is 12. The second-order valence-electron chi connectivity index (χ2n) is 5.02. The molecule has 0 bridgehead atoms. The van der Waals surface area contributed by atoms with Crippen molar-refractivity contribution < 1.29 is 0 Å². The Kier molecular flexibility index (Phi) is 9.44. The maximum absolute atomic E-state index is 4.01. The summed E-state index contributed by atoms with van der Waals surface area (Å²) in [6, 6.07) is 0. The minimum Gasteiger partial charge on any atom is -0.352 e. The van der Waals surface area contributed by atoms with E-state index in [1.807, 2.05) is 0 Å². The van der Waals surface area contributed by atoms with Gasteiger partial charge in [-0.15, -0.1) is 20.4 Å². The van der Waals surface area contributed by atoms with Crippen molar-refractivity contribution in [2.24, 2.45) is 0 Å². The third-order valence-corrected chi connectivity index (χ3v) is 3.11. The summed E-state index contributed by atoms with van der Waals surface area (Å²) in [5.41, 5.74) is 0. The van der Waals surface area contributed by atoms with Crippen LogP contribution in [0.4, 0.5) is 11.9 Å². The molecule has 0 fully saturated rings. The zero-order chi connectivity index (χ0) is 14.5. The van der Waals surface area contributed by atoms with Crippen LogP contribution in [-0.2, 0) is 0 Å². The summed E-state index contributed by atoms with van der Waals surface area (Å²) >= 11 is 0. The van der Waals surface area contributed by atoms with Crippen LogP contribution in [0.5, 0.6) is 0 Å². The van der Waals surface area contributed by atoms with Crippen molar-refractivity contribution in [3.8, 4) is 0 Å². The molecule has 0 saturated heterocycles. The lowest BCUT2D eigenvalue weighted by molar-refractivity contribution is 0.677. The predicted octanol–water partition coefficient (Wildman–Crippen LogP) is 3.25. The van der Waals surface area contributed by atoms with Gasteiger partial charge in [-0.1, -0.05) is 52.4 Å². The van der Waals surface area contributed by atoms with Crippen LogP contribution < -0.4 is 10.6 Å². The molecule has 0 aliphatic carbocycles. The highest BCUT2D eigenvalue weighted by atomic mass is 15.4. The summed E-state index contributed by atoms with van der Waals surface area (Å²) in [6.45, 7) is 6.18. The molecule has 20 heavy (non-hydrogen) atoms. The number of nitrogens with zero attached hydrogens (tertiary/aromatic N) is 4. The minimum absolute atomic E-state index is 0.512. The van der Waals surface area contributed by atoms with Crippen molar-refractivity contribution in [3.05, 3.63) is 0 Å². The molecule has 114 valence electrons. The number of hydrogen-bond acceptors (Lipinski definition) is 6. The van der Waals surface area contributed by atoms with Gasteiger partial charge in [0.2, 0.25) is 0 Å². The first kappa shape index (κ1) is 16.6. The summed E-state index contributed by atoms with van der Waals surface area (Å²) in [7, 11) is 0. The van der Waals surface area contributed by atoms with E-state index in [-0.39, 0.29) is 0 Å². The van der Waals surface area contributed by atoms with Gasteiger partial charge in [0.1, 0.15) is 0 Å². The summed E-state index contributed by atoms with van der Waals surface area (Å²) < 4.78 is 0. The van der Waals surface area contributed by atoms with Gasteiger partial charge in [-0.05, 0) is 12.8 Å². The van der Waals surface area contributed by atoms with Crippen LogP contribution in [0.25, 0.3) is 0 Å². The predicted molar refractivity (Wildman–Crippen MR) is 82.9 cm³/mol. The van der Waals surface area contributed by atoms with Gasteiger partial charge in [-0.2, -0.15) is 0 Å². The van der Waals surface area contributed by atoms with Crippen molar-refractivity contribution in [1.82, 2.24) is 20.4 Å². The molecule has 6 nitrogen and oxygen atoms in total. The Bertz CT molecular complexity index is 294. The zero-order valence-corrected chi connectivity index (χ0v) is 12.9. The molecule has 1 rings (SSSR count). The van der Waals surface area contributed by atoms with E-state index in [1.165, 1.54) is 38.5 Å². The quantitative estimate of drug-likeness (QED) is 0.572. The van der Waals surface area contributed by atoms with Gasteiger partial charge in [-0.25, -0.2) is 0 Å². The van der Waals surface area contributed by atoms with E-state index < -0.39 is 0 Å². The maximum Gasteiger partial charge on any atom is 0.262 e. The third-order valence-electron chi connectivity index (χ3n) is 3.11. The lowest BCUT2D eigenvalue weighted by atomic mass is 10.2. The Labute approximate surface area is 122 Å². The van der Waals surface area contributed by atoms with Gasteiger partial charge in [0.15, 0.2) is 0 Å². The fraction of sp³-hybridized carbons (Fsp3) is 0.857. The summed E-state index contributed by atoms with van der Waals surface area (Å²) in [5, 5.41) is 22.3. The van der Waals surface area contributed by atoms with Gasteiger partial charge >= 0.3 is 0 Å².